The maximum Gasteiger partial charge on any atom is 0.229 e. The van der Waals surface area contributed by atoms with Gasteiger partial charge in [0, 0.05) is 13.0 Å². The highest BCUT2D eigenvalue weighted by Crippen LogP contribution is 2.28. The molecule has 0 heterocycles. The van der Waals surface area contributed by atoms with Crippen molar-refractivity contribution in [1.29, 1.82) is 0 Å². The van der Waals surface area contributed by atoms with E-state index in [9.17, 15) is 4.79 Å². The summed E-state index contributed by atoms with van der Waals surface area (Å²) in [6.45, 7) is 0. The number of nitrogens with zero attached hydrogens (tertiary/aromatic N) is 1. The molecule has 1 saturated carbocycles. The molecule has 0 spiro atoms. The standard InChI is InChI=1S/C14H20N2O/c1-16(13-10-6-5-9-12(13)15)14(17)11-7-3-2-4-8-11/h5-6,9-11H,2-4,7-8,15H2,1H3. The third kappa shape index (κ3) is 2.60. The number of nitrogens with two attached hydrogens (primary N) is 1. The van der Waals surface area contributed by atoms with E-state index < -0.39 is 0 Å². The quantitative estimate of drug-likeness (QED) is 0.797. The molecule has 1 aromatic carbocycles. The molecule has 1 aliphatic rings. The number of carbonyl (C=O) groups excluding carboxylic acids is 1. The third-order valence-corrected chi connectivity index (χ3v) is 3.58. The van der Waals surface area contributed by atoms with E-state index in [1.165, 1.54) is 19.3 Å². The van der Waals surface area contributed by atoms with Crippen molar-refractivity contribution in [2.24, 2.45) is 5.92 Å². The van der Waals surface area contributed by atoms with E-state index in [0.29, 0.717) is 5.69 Å². The molecule has 1 aliphatic carbocycles. The lowest BCUT2D eigenvalue weighted by Crippen LogP contribution is -2.34. The van der Waals surface area contributed by atoms with Crippen LogP contribution in [0.1, 0.15) is 32.1 Å². The highest BCUT2D eigenvalue weighted by atomic mass is 16.2. The molecule has 0 aliphatic heterocycles. The molecule has 17 heavy (non-hydrogen) atoms. The van der Waals surface area contributed by atoms with Crippen molar-refractivity contribution >= 4 is 17.3 Å². The fraction of sp³-hybridized carbons (Fsp3) is 0.500. The molecule has 0 radical (unpaired) electrons. The summed E-state index contributed by atoms with van der Waals surface area (Å²) >= 11 is 0. The van der Waals surface area contributed by atoms with Crippen molar-refractivity contribution in [2.45, 2.75) is 32.1 Å². The highest BCUT2D eigenvalue weighted by molar-refractivity contribution is 5.97. The molecule has 1 aromatic rings. The third-order valence-electron chi connectivity index (χ3n) is 3.58. The van der Waals surface area contributed by atoms with Crippen LogP contribution in [0.2, 0.25) is 0 Å². The number of para-hydroxylation sites is 2. The first kappa shape index (κ1) is 12.0. The second-order valence-corrected chi connectivity index (χ2v) is 4.79. The number of benzene rings is 1. The summed E-state index contributed by atoms with van der Waals surface area (Å²) in [5.41, 5.74) is 7.38. The van der Waals surface area contributed by atoms with E-state index in [1.807, 2.05) is 31.3 Å². The molecule has 92 valence electrons. The monoisotopic (exact) mass is 232 g/mol. The van der Waals surface area contributed by atoms with Crippen molar-refractivity contribution in [2.75, 3.05) is 17.7 Å². The Kier molecular flexibility index (Phi) is 3.67. The Morgan fingerprint density at radius 3 is 2.53 bits per heavy atom. The smallest absolute Gasteiger partial charge is 0.229 e. The van der Waals surface area contributed by atoms with Gasteiger partial charge in [-0.3, -0.25) is 4.79 Å². The number of hydrogen-bond donors (Lipinski definition) is 1. The first-order chi connectivity index (χ1) is 8.20. The van der Waals surface area contributed by atoms with Crippen molar-refractivity contribution in [3.63, 3.8) is 0 Å². The van der Waals surface area contributed by atoms with Crippen LogP contribution in [-0.4, -0.2) is 13.0 Å². The lowest BCUT2D eigenvalue weighted by molar-refractivity contribution is -0.123. The Hall–Kier alpha value is -1.51. The van der Waals surface area contributed by atoms with E-state index in [1.54, 1.807) is 4.90 Å². The number of amides is 1. The van der Waals surface area contributed by atoms with Crippen molar-refractivity contribution < 1.29 is 4.79 Å². The molecule has 0 atom stereocenters. The summed E-state index contributed by atoms with van der Waals surface area (Å²) in [5.74, 6) is 0.399. The Bertz CT molecular complexity index is 397. The first-order valence-corrected chi connectivity index (χ1v) is 6.32. The maximum absolute atomic E-state index is 12.3. The van der Waals surface area contributed by atoms with E-state index in [2.05, 4.69) is 0 Å². The van der Waals surface area contributed by atoms with Crippen LogP contribution in [0, 0.1) is 5.92 Å². The van der Waals surface area contributed by atoms with Crippen LogP contribution in [-0.2, 0) is 4.79 Å². The van der Waals surface area contributed by atoms with Gasteiger partial charge in [0.25, 0.3) is 0 Å². The summed E-state index contributed by atoms with van der Waals surface area (Å²) in [6.07, 6.45) is 5.66. The summed E-state index contributed by atoms with van der Waals surface area (Å²) < 4.78 is 0. The molecule has 1 fully saturated rings. The number of anilines is 2. The molecule has 0 unspecified atom stereocenters. The average molecular weight is 232 g/mol. The zero-order chi connectivity index (χ0) is 12.3. The Labute approximate surface area is 103 Å². The van der Waals surface area contributed by atoms with E-state index in [-0.39, 0.29) is 11.8 Å². The van der Waals surface area contributed by atoms with Gasteiger partial charge in [0.15, 0.2) is 0 Å². The molecule has 2 rings (SSSR count). The molecule has 2 N–H and O–H groups in total. The summed E-state index contributed by atoms with van der Waals surface area (Å²) in [7, 11) is 1.82. The first-order valence-electron chi connectivity index (χ1n) is 6.32. The highest BCUT2D eigenvalue weighted by Gasteiger charge is 2.25. The van der Waals surface area contributed by atoms with Gasteiger partial charge in [0.1, 0.15) is 0 Å². The maximum atomic E-state index is 12.3. The van der Waals surface area contributed by atoms with Gasteiger partial charge in [-0.05, 0) is 25.0 Å². The van der Waals surface area contributed by atoms with Gasteiger partial charge in [-0.2, -0.15) is 0 Å². The summed E-state index contributed by atoms with van der Waals surface area (Å²) in [5, 5.41) is 0. The van der Waals surface area contributed by atoms with Crippen LogP contribution in [0.3, 0.4) is 0 Å². The van der Waals surface area contributed by atoms with Crippen molar-refractivity contribution in [1.82, 2.24) is 0 Å². The molecule has 3 heteroatoms. The van der Waals surface area contributed by atoms with E-state index in [0.717, 1.165) is 18.5 Å². The summed E-state index contributed by atoms with van der Waals surface area (Å²) in [6, 6.07) is 7.53. The largest absolute Gasteiger partial charge is 0.397 e. The van der Waals surface area contributed by atoms with Crippen LogP contribution >= 0.6 is 0 Å². The van der Waals surface area contributed by atoms with Crippen LogP contribution in [0.25, 0.3) is 0 Å². The van der Waals surface area contributed by atoms with Crippen LogP contribution < -0.4 is 10.6 Å². The fourth-order valence-corrected chi connectivity index (χ4v) is 2.54. The molecule has 0 bridgehead atoms. The molecular formula is C14H20N2O. The van der Waals surface area contributed by atoms with Gasteiger partial charge in [-0.15, -0.1) is 0 Å². The zero-order valence-electron chi connectivity index (χ0n) is 10.4. The summed E-state index contributed by atoms with van der Waals surface area (Å²) in [4.78, 5) is 14.0. The second-order valence-electron chi connectivity index (χ2n) is 4.79. The van der Waals surface area contributed by atoms with Crippen LogP contribution in [0.5, 0.6) is 0 Å². The SMILES string of the molecule is CN(C(=O)C1CCCCC1)c1ccccc1N. The normalized spacial score (nSPS) is 16.8. The minimum atomic E-state index is 0.188. The minimum Gasteiger partial charge on any atom is -0.397 e. The molecular weight excluding hydrogens is 212 g/mol. The Morgan fingerprint density at radius 1 is 1.24 bits per heavy atom. The zero-order valence-corrected chi connectivity index (χ0v) is 10.4. The van der Waals surface area contributed by atoms with Gasteiger partial charge in [0.2, 0.25) is 5.91 Å². The Balaban J connectivity index is 2.11. The molecule has 3 nitrogen and oxygen atoms in total. The predicted octanol–water partition coefficient (Wildman–Crippen LogP) is 2.81. The van der Waals surface area contributed by atoms with Gasteiger partial charge in [-0.1, -0.05) is 31.4 Å². The van der Waals surface area contributed by atoms with Gasteiger partial charge in [0.05, 0.1) is 11.4 Å². The second kappa shape index (κ2) is 5.21. The Morgan fingerprint density at radius 2 is 1.88 bits per heavy atom. The lowest BCUT2D eigenvalue weighted by atomic mass is 9.88. The van der Waals surface area contributed by atoms with Gasteiger partial charge >= 0.3 is 0 Å². The average Bonchev–Trinajstić information content (AvgIpc) is 2.39. The topological polar surface area (TPSA) is 46.3 Å². The van der Waals surface area contributed by atoms with Gasteiger partial charge < -0.3 is 10.6 Å². The molecule has 0 saturated heterocycles. The number of carbonyl (C=O) groups is 1. The molecule has 1 amide bonds. The number of nitrogen functional groups attached to an aromatic ring is 1. The minimum absolute atomic E-state index is 0.188. The van der Waals surface area contributed by atoms with Gasteiger partial charge in [-0.25, -0.2) is 0 Å². The lowest BCUT2D eigenvalue weighted by Gasteiger charge is -2.27. The van der Waals surface area contributed by atoms with E-state index in [4.69, 9.17) is 5.73 Å². The van der Waals surface area contributed by atoms with Crippen LogP contribution in [0.15, 0.2) is 24.3 Å². The van der Waals surface area contributed by atoms with Crippen LogP contribution in [0.4, 0.5) is 11.4 Å². The fourth-order valence-electron chi connectivity index (χ4n) is 2.54. The number of hydrogen-bond acceptors (Lipinski definition) is 2. The van der Waals surface area contributed by atoms with Crippen molar-refractivity contribution in [3.8, 4) is 0 Å². The van der Waals surface area contributed by atoms with Crippen molar-refractivity contribution in [3.05, 3.63) is 24.3 Å². The molecule has 0 aromatic heterocycles. The predicted molar refractivity (Wildman–Crippen MR) is 70.8 cm³/mol. The number of rotatable bonds is 2. The van der Waals surface area contributed by atoms with E-state index >= 15 is 0 Å².